The predicted molar refractivity (Wildman–Crippen MR) is 80.1 cm³/mol. The Morgan fingerprint density at radius 3 is 2.33 bits per heavy atom. The topological polar surface area (TPSA) is 51.6 Å². The molecule has 114 valence electrons. The van der Waals surface area contributed by atoms with Gasteiger partial charge in [0.2, 0.25) is 5.95 Å². The number of aliphatic hydroxyl groups excluding tert-OH is 1. The number of aliphatic hydroxyl groups is 1. The summed E-state index contributed by atoms with van der Waals surface area (Å²) in [6.07, 6.45) is 1.74. The number of rotatable bonds is 3. The van der Waals surface area contributed by atoms with Gasteiger partial charge in [0.15, 0.2) is 0 Å². The maximum absolute atomic E-state index is 13.0. The second kappa shape index (κ2) is 5.52. The van der Waals surface area contributed by atoms with Gasteiger partial charge in [-0.1, -0.05) is 6.08 Å². The van der Waals surface area contributed by atoms with Crippen LogP contribution < -0.4 is 0 Å². The number of nitrogens with zero attached hydrogens (tertiary/aromatic N) is 1. The predicted octanol–water partition coefficient (Wildman–Crippen LogP) is 2.54. The number of aromatic nitrogens is 1. The first-order valence-electron chi connectivity index (χ1n) is 6.96. The summed E-state index contributed by atoms with van der Waals surface area (Å²) < 4.78 is 24.9. The summed E-state index contributed by atoms with van der Waals surface area (Å²) >= 11 is 0. The van der Waals surface area contributed by atoms with Crippen molar-refractivity contribution in [3.8, 4) is 0 Å². The van der Waals surface area contributed by atoms with E-state index in [0.29, 0.717) is 11.2 Å². The van der Waals surface area contributed by atoms with Crippen molar-refractivity contribution in [2.75, 3.05) is 6.61 Å². The van der Waals surface area contributed by atoms with Crippen LogP contribution in [0.15, 0.2) is 17.6 Å². The Morgan fingerprint density at radius 2 is 1.86 bits per heavy atom. The third-order valence-corrected chi connectivity index (χ3v) is 4.17. The zero-order valence-corrected chi connectivity index (χ0v) is 13.1. The molecule has 1 aliphatic rings. The Kier molecular flexibility index (Phi) is 4.24. The van der Waals surface area contributed by atoms with E-state index in [4.69, 9.17) is 9.31 Å². The molecule has 0 unspecified atom stereocenters. The van der Waals surface area contributed by atoms with Crippen LogP contribution in [0, 0.1) is 12.9 Å². The van der Waals surface area contributed by atoms with Crippen molar-refractivity contribution >= 4 is 13.2 Å². The first-order valence-corrected chi connectivity index (χ1v) is 6.96. The lowest BCUT2D eigenvalue weighted by Crippen LogP contribution is -2.41. The molecule has 0 atom stereocenters. The summed E-state index contributed by atoms with van der Waals surface area (Å²) in [5, 5.41) is 9.61. The molecule has 0 aliphatic carbocycles. The lowest BCUT2D eigenvalue weighted by atomic mass is 9.77. The Hall–Kier alpha value is -1.24. The molecule has 21 heavy (non-hydrogen) atoms. The quantitative estimate of drug-likeness (QED) is 0.687. The zero-order valence-electron chi connectivity index (χ0n) is 13.1. The minimum atomic E-state index is -0.621. The standard InChI is InChI=1S/C15H21BFNO3/c1-10-11(6-7-13(17)18-10)8-12(9-19)16-20-14(2,3)15(4,5)21-16/h6-8,19H,9H2,1-5H3. The maximum atomic E-state index is 13.0. The van der Waals surface area contributed by atoms with Crippen molar-refractivity contribution < 1.29 is 18.8 Å². The zero-order chi connectivity index (χ0) is 15.8. The smallest absolute Gasteiger partial charge is 0.400 e. The van der Waals surface area contributed by atoms with E-state index in [1.54, 1.807) is 19.1 Å². The van der Waals surface area contributed by atoms with Crippen molar-refractivity contribution in [3.05, 3.63) is 34.8 Å². The molecule has 1 saturated heterocycles. The van der Waals surface area contributed by atoms with Crippen LogP contribution in [-0.4, -0.2) is 35.0 Å². The van der Waals surface area contributed by atoms with E-state index in [0.717, 1.165) is 5.56 Å². The van der Waals surface area contributed by atoms with Gasteiger partial charge in [-0.3, -0.25) is 0 Å². The first kappa shape index (κ1) is 16.1. The second-order valence-corrected chi connectivity index (χ2v) is 6.27. The minimum absolute atomic E-state index is 0.201. The molecule has 0 spiro atoms. The van der Waals surface area contributed by atoms with Gasteiger partial charge in [-0.25, -0.2) is 4.98 Å². The molecule has 1 N–H and O–H groups in total. The lowest BCUT2D eigenvalue weighted by Gasteiger charge is -2.32. The highest BCUT2D eigenvalue weighted by Gasteiger charge is 2.52. The lowest BCUT2D eigenvalue weighted by molar-refractivity contribution is 0.00578. The van der Waals surface area contributed by atoms with Gasteiger partial charge in [0.25, 0.3) is 0 Å². The van der Waals surface area contributed by atoms with Gasteiger partial charge >= 0.3 is 7.12 Å². The molecule has 0 bridgehead atoms. The van der Waals surface area contributed by atoms with E-state index in [1.807, 2.05) is 27.7 Å². The van der Waals surface area contributed by atoms with Crippen LogP contribution in [0.3, 0.4) is 0 Å². The summed E-state index contributed by atoms with van der Waals surface area (Å²) in [7, 11) is -0.621. The number of halogens is 1. The van der Waals surface area contributed by atoms with Crippen molar-refractivity contribution in [3.63, 3.8) is 0 Å². The third-order valence-electron chi connectivity index (χ3n) is 4.17. The number of hydrogen-bond donors (Lipinski definition) is 1. The highest BCUT2D eigenvalue weighted by atomic mass is 19.1. The van der Waals surface area contributed by atoms with Crippen LogP contribution in [0.2, 0.25) is 0 Å². The molecule has 4 nitrogen and oxygen atoms in total. The average molecular weight is 293 g/mol. The molecule has 1 aromatic heterocycles. The van der Waals surface area contributed by atoms with E-state index < -0.39 is 24.3 Å². The molecular formula is C15H21BFNO3. The molecule has 0 saturated carbocycles. The summed E-state index contributed by atoms with van der Waals surface area (Å²) in [5.74, 6) is -0.522. The molecule has 2 rings (SSSR count). The highest BCUT2D eigenvalue weighted by molar-refractivity contribution is 6.55. The van der Waals surface area contributed by atoms with Crippen LogP contribution in [-0.2, 0) is 9.31 Å². The van der Waals surface area contributed by atoms with E-state index in [-0.39, 0.29) is 6.61 Å². The molecule has 1 fully saturated rings. The van der Waals surface area contributed by atoms with Gasteiger partial charge in [-0.15, -0.1) is 0 Å². The highest BCUT2D eigenvalue weighted by Crippen LogP contribution is 2.38. The van der Waals surface area contributed by atoms with E-state index >= 15 is 0 Å². The van der Waals surface area contributed by atoms with Crippen molar-refractivity contribution in [1.82, 2.24) is 4.98 Å². The summed E-state index contributed by atoms with van der Waals surface area (Å²) in [4.78, 5) is 3.77. The van der Waals surface area contributed by atoms with Crippen LogP contribution >= 0.6 is 0 Å². The van der Waals surface area contributed by atoms with Crippen molar-refractivity contribution in [1.29, 1.82) is 0 Å². The molecule has 6 heteroatoms. The molecule has 0 amide bonds. The van der Waals surface area contributed by atoms with Crippen LogP contribution in [0.1, 0.15) is 39.0 Å². The fourth-order valence-corrected chi connectivity index (χ4v) is 2.08. The summed E-state index contributed by atoms with van der Waals surface area (Å²) in [6.45, 7) is 9.32. The Morgan fingerprint density at radius 1 is 1.29 bits per heavy atom. The van der Waals surface area contributed by atoms with Crippen LogP contribution in [0.5, 0.6) is 0 Å². The van der Waals surface area contributed by atoms with Crippen LogP contribution in [0.25, 0.3) is 6.08 Å². The maximum Gasteiger partial charge on any atom is 0.492 e. The Balaban J connectivity index is 2.31. The monoisotopic (exact) mass is 293 g/mol. The Bertz CT molecular complexity index is 556. The van der Waals surface area contributed by atoms with Crippen molar-refractivity contribution in [2.24, 2.45) is 0 Å². The molecular weight excluding hydrogens is 272 g/mol. The van der Waals surface area contributed by atoms with Crippen molar-refractivity contribution in [2.45, 2.75) is 45.8 Å². The molecule has 1 aliphatic heterocycles. The van der Waals surface area contributed by atoms with Gasteiger partial charge in [0.1, 0.15) is 0 Å². The Labute approximate surface area is 125 Å². The SMILES string of the molecule is Cc1nc(F)ccc1C=C(CO)B1OC(C)(C)C(C)(C)O1. The molecule has 0 aromatic carbocycles. The molecule has 0 radical (unpaired) electrons. The third kappa shape index (κ3) is 3.17. The molecule has 2 heterocycles. The van der Waals surface area contributed by atoms with Gasteiger partial charge in [-0.2, -0.15) is 4.39 Å². The van der Waals surface area contributed by atoms with E-state index in [9.17, 15) is 9.50 Å². The second-order valence-electron chi connectivity index (χ2n) is 6.27. The summed E-state index contributed by atoms with van der Waals surface area (Å²) in [5.41, 5.74) is 0.933. The first-order chi connectivity index (χ1) is 9.66. The number of hydrogen-bond acceptors (Lipinski definition) is 4. The minimum Gasteiger partial charge on any atom is -0.400 e. The average Bonchev–Trinajstić information content (AvgIpc) is 2.57. The van der Waals surface area contributed by atoms with Gasteiger partial charge < -0.3 is 14.4 Å². The normalized spacial score (nSPS) is 20.9. The van der Waals surface area contributed by atoms with E-state index in [2.05, 4.69) is 4.98 Å². The fraction of sp³-hybridized carbons (Fsp3) is 0.533. The largest absolute Gasteiger partial charge is 0.492 e. The summed E-state index contributed by atoms with van der Waals surface area (Å²) in [6, 6.07) is 2.91. The van der Waals surface area contributed by atoms with Gasteiger partial charge in [-0.05, 0) is 57.8 Å². The van der Waals surface area contributed by atoms with Gasteiger partial charge in [0, 0.05) is 5.69 Å². The number of aryl methyl sites for hydroxylation is 1. The molecule has 1 aromatic rings. The van der Waals surface area contributed by atoms with E-state index in [1.165, 1.54) is 6.07 Å². The van der Waals surface area contributed by atoms with Crippen LogP contribution in [0.4, 0.5) is 4.39 Å². The fourth-order valence-electron chi connectivity index (χ4n) is 2.08. The number of pyridine rings is 1. The van der Waals surface area contributed by atoms with Gasteiger partial charge in [0.05, 0.1) is 17.8 Å².